The van der Waals surface area contributed by atoms with Crippen LogP contribution in [0.1, 0.15) is 72.5 Å². The molecule has 1 amide bonds. The summed E-state index contributed by atoms with van der Waals surface area (Å²) < 4.78 is 16.8. The molecule has 4 N–H and O–H groups in total. The number of benzene rings is 1. The SMILES string of the molecule is CC(C)(O)C#Cc1cc2c(cc1F)C1=CC(C1)n1c-2nc(C(N)=O)c1-c1n[nH]c(C2CC2)n1. The lowest BCUT2D eigenvalue weighted by atomic mass is 9.86. The Labute approximate surface area is 188 Å². The summed E-state index contributed by atoms with van der Waals surface area (Å²) in [6, 6.07) is 2.98. The number of amides is 1. The smallest absolute Gasteiger partial charge is 0.269 e. The Kier molecular flexibility index (Phi) is 3.99. The van der Waals surface area contributed by atoms with E-state index in [4.69, 9.17) is 5.73 Å². The maximum absolute atomic E-state index is 14.9. The summed E-state index contributed by atoms with van der Waals surface area (Å²) in [6.45, 7) is 3.07. The van der Waals surface area contributed by atoms with Crippen LogP contribution < -0.4 is 5.73 Å². The molecule has 33 heavy (non-hydrogen) atoms. The second-order valence-corrected chi connectivity index (χ2v) is 9.34. The first-order chi connectivity index (χ1) is 15.7. The first-order valence-electron chi connectivity index (χ1n) is 10.8. The van der Waals surface area contributed by atoms with Gasteiger partial charge in [-0.2, -0.15) is 5.10 Å². The van der Waals surface area contributed by atoms with Crippen LogP contribution in [-0.4, -0.2) is 41.3 Å². The first kappa shape index (κ1) is 19.9. The quantitative estimate of drug-likeness (QED) is 0.536. The number of nitrogens with two attached hydrogens (primary N) is 1. The van der Waals surface area contributed by atoms with E-state index in [-0.39, 0.29) is 17.3 Å². The molecule has 0 radical (unpaired) electrons. The van der Waals surface area contributed by atoms with E-state index in [0.29, 0.717) is 40.8 Å². The normalized spacial score (nSPS) is 18.3. The van der Waals surface area contributed by atoms with E-state index in [9.17, 15) is 14.3 Å². The van der Waals surface area contributed by atoms with Gasteiger partial charge in [0, 0.05) is 11.5 Å². The molecule has 3 aromatic rings. The molecule has 2 aliphatic heterocycles. The number of aromatic amines is 1. The van der Waals surface area contributed by atoms with Crippen molar-refractivity contribution in [3.8, 4) is 34.7 Å². The molecule has 1 atom stereocenters. The van der Waals surface area contributed by atoms with Crippen LogP contribution in [-0.2, 0) is 0 Å². The maximum Gasteiger partial charge on any atom is 0.269 e. The second kappa shape index (κ2) is 6.62. The van der Waals surface area contributed by atoms with Gasteiger partial charge >= 0.3 is 0 Å². The Bertz CT molecular complexity index is 1440. The molecule has 1 fully saturated rings. The molecule has 2 aliphatic carbocycles. The molecule has 9 heteroatoms. The predicted molar refractivity (Wildman–Crippen MR) is 118 cm³/mol. The fraction of sp³-hybridized carbons (Fsp3) is 0.333. The standard InChI is InChI=1S/C24H21FN6O2/c1-24(2,33)6-5-12-9-16-15(10-17(12)25)13-7-14(8-13)31-19(18(20(26)32)27-23(16)31)22-28-21(29-30-22)11-3-4-11/h7,9-11,14,33H,3-4,8H2,1-2H3,(H2,26,32)(H,28,29,30). The summed E-state index contributed by atoms with van der Waals surface area (Å²) in [4.78, 5) is 21.6. The highest BCUT2D eigenvalue weighted by Gasteiger charge is 2.38. The van der Waals surface area contributed by atoms with Crippen molar-refractivity contribution in [1.82, 2.24) is 24.7 Å². The fourth-order valence-corrected chi connectivity index (χ4v) is 4.38. The van der Waals surface area contributed by atoms with Gasteiger partial charge in [0.1, 0.15) is 28.8 Å². The van der Waals surface area contributed by atoms with Gasteiger partial charge in [0.2, 0.25) is 0 Å². The summed E-state index contributed by atoms with van der Waals surface area (Å²) in [7, 11) is 0. The first-order valence-corrected chi connectivity index (χ1v) is 10.8. The van der Waals surface area contributed by atoms with E-state index in [0.717, 1.165) is 24.2 Å². The molecule has 8 nitrogen and oxygen atoms in total. The van der Waals surface area contributed by atoms with Gasteiger partial charge in [-0.3, -0.25) is 9.89 Å². The van der Waals surface area contributed by atoms with E-state index >= 15 is 0 Å². The number of allylic oxidation sites excluding steroid dienone is 2. The van der Waals surface area contributed by atoms with Crippen molar-refractivity contribution in [2.45, 2.75) is 50.7 Å². The van der Waals surface area contributed by atoms with Crippen LogP contribution in [0, 0.1) is 17.7 Å². The van der Waals surface area contributed by atoms with Gasteiger partial charge in [0.05, 0.1) is 11.6 Å². The summed E-state index contributed by atoms with van der Waals surface area (Å²) in [5.74, 6) is 6.24. The van der Waals surface area contributed by atoms with Gasteiger partial charge in [-0.05, 0) is 56.4 Å². The highest BCUT2D eigenvalue weighted by molar-refractivity contribution is 5.98. The molecular weight excluding hydrogens is 423 g/mol. The Balaban J connectivity index is 1.58. The Morgan fingerprint density at radius 3 is 2.73 bits per heavy atom. The van der Waals surface area contributed by atoms with E-state index in [1.165, 1.54) is 19.9 Å². The van der Waals surface area contributed by atoms with Crippen molar-refractivity contribution in [2.75, 3.05) is 0 Å². The zero-order valence-corrected chi connectivity index (χ0v) is 18.1. The molecule has 2 bridgehead atoms. The average molecular weight is 444 g/mol. The number of imidazole rings is 1. The lowest BCUT2D eigenvalue weighted by Crippen LogP contribution is -2.17. The predicted octanol–water partition coefficient (Wildman–Crippen LogP) is 2.91. The minimum Gasteiger partial charge on any atom is -0.378 e. The molecular formula is C24H21FN6O2. The number of halogens is 1. The number of aliphatic hydroxyl groups is 1. The number of hydrogen-bond acceptors (Lipinski definition) is 5. The third kappa shape index (κ3) is 3.17. The molecule has 1 unspecified atom stereocenters. The van der Waals surface area contributed by atoms with Crippen LogP contribution >= 0.6 is 0 Å². The number of H-pyrrole nitrogens is 1. The van der Waals surface area contributed by atoms with Gasteiger partial charge in [0.25, 0.3) is 5.91 Å². The van der Waals surface area contributed by atoms with Crippen LogP contribution in [0.3, 0.4) is 0 Å². The van der Waals surface area contributed by atoms with Crippen LogP contribution in [0.2, 0.25) is 0 Å². The number of nitrogens with one attached hydrogen (secondary N) is 1. The minimum absolute atomic E-state index is 0.0742. The molecule has 1 aromatic carbocycles. The van der Waals surface area contributed by atoms with Crippen molar-refractivity contribution in [3.63, 3.8) is 0 Å². The number of carbonyl (C=O) groups excluding carboxylic acids is 1. The summed E-state index contributed by atoms with van der Waals surface area (Å²) in [6.07, 6.45) is 4.81. The number of hydrogen-bond donors (Lipinski definition) is 3. The van der Waals surface area contributed by atoms with E-state index in [2.05, 4.69) is 32.0 Å². The highest BCUT2D eigenvalue weighted by atomic mass is 19.1. The average Bonchev–Trinajstić information content (AvgIpc) is 3.37. The lowest BCUT2D eigenvalue weighted by Gasteiger charge is -2.26. The van der Waals surface area contributed by atoms with E-state index < -0.39 is 17.3 Å². The third-order valence-electron chi connectivity index (χ3n) is 6.17. The van der Waals surface area contributed by atoms with E-state index in [1.807, 2.05) is 10.6 Å². The number of nitrogens with zero attached hydrogens (tertiary/aromatic N) is 4. The topological polar surface area (TPSA) is 123 Å². The van der Waals surface area contributed by atoms with Crippen molar-refractivity contribution >= 4 is 11.5 Å². The molecule has 166 valence electrons. The molecule has 4 aliphatic rings. The Morgan fingerprint density at radius 2 is 2.06 bits per heavy atom. The van der Waals surface area contributed by atoms with Crippen molar-refractivity contribution in [3.05, 3.63) is 46.7 Å². The maximum atomic E-state index is 14.9. The van der Waals surface area contributed by atoms with Gasteiger partial charge < -0.3 is 15.4 Å². The molecule has 0 saturated heterocycles. The zero-order valence-electron chi connectivity index (χ0n) is 18.1. The molecule has 2 aromatic heterocycles. The number of aromatic nitrogens is 5. The van der Waals surface area contributed by atoms with Gasteiger partial charge in [-0.1, -0.05) is 17.9 Å². The van der Waals surface area contributed by atoms with Gasteiger partial charge in [-0.25, -0.2) is 14.4 Å². The zero-order chi connectivity index (χ0) is 23.1. The van der Waals surface area contributed by atoms with Crippen LogP contribution in [0.5, 0.6) is 0 Å². The second-order valence-electron chi connectivity index (χ2n) is 9.34. The van der Waals surface area contributed by atoms with Crippen molar-refractivity contribution in [2.24, 2.45) is 5.73 Å². The number of carbonyl (C=O) groups is 1. The number of rotatable bonds is 3. The summed E-state index contributed by atoms with van der Waals surface area (Å²) in [5, 5.41) is 17.3. The van der Waals surface area contributed by atoms with Gasteiger partial charge in [-0.15, -0.1) is 0 Å². The van der Waals surface area contributed by atoms with Crippen molar-refractivity contribution < 1.29 is 14.3 Å². The van der Waals surface area contributed by atoms with Crippen LogP contribution in [0.25, 0.3) is 28.5 Å². The largest absolute Gasteiger partial charge is 0.378 e. The molecule has 4 heterocycles. The third-order valence-corrected chi connectivity index (χ3v) is 6.17. The van der Waals surface area contributed by atoms with Crippen molar-refractivity contribution in [1.29, 1.82) is 0 Å². The summed E-state index contributed by atoms with van der Waals surface area (Å²) >= 11 is 0. The fourth-order valence-electron chi connectivity index (χ4n) is 4.38. The number of primary amides is 1. The minimum atomic E-state index is -1.26. The molecule has 7 rings (SSSR count). The van der Waals surface area contributed by atoms with Gasteiger partial charge in [0.15, 0.2) is 11.5 Å². The Morgan fingerprint density at radius 1 is 1.30 bits per heavy atom. The van der Waals surface area contributed by atoms with Crippen LogP contribution in [0.4, 0.5) is 4.39 Å². The molecule has 1 saturated carbocycles. The summed E-state index contributed by atoms with van der Waals surface area (Å²) in [5.41, 5.74) is 7.47. The highest BCUT2D eigenvalue weighted by Crippen LogP contribution is 2.49. The van der Waals surface area contributed by atoms with E-state index in [1.54, 1.807) is 6.07 Å². The lowest BCUT2D eigenvalue weighted by molar-refractivity contribution is 0.0996. The monoisotopic (exact) mass is 444 g/mol. The van der Waals surface area contributed by atoms with Crippen LogP contribution in [0.15, 0.2) is 18.2 Å². The Hall–Kier alpha value is -3.77. The molecule has 0 spiro atoms.